The molecule has 2 amide bonds. The zero-order valence-electron chi connectivity index (χ0n) is 10.3. The summed E-state index contributed by atoms with van der Waals surface area (Å²) in [7, 11) is 0. The monoisotopic (exact) mass is 240 g/mol. The zero-order chi connectivity index (χ0) is 12.1. The minimum absolute atomic E-state index is 0.0872. The molecule has 4 heteroatoms. The van der Waals surface area contributed by atoms with Gasteiger partial charge in [0.15, 0.2) is 0 Å². The molecular weight excluding hydrogens is 220 g/mol. The highest BCUT2D eigenvalue weighted by Gasteiger charge is 2.09. The van der Waals surface area contributed by atoms with Crippen LogP contribution >= 0.6 is 11.3 Å². The highest BCUT2D eigenvalue weighted by atomic mass is 32.1. The Morgan fingerprint density at radius 1 is 1.31 bits per heavy atom. The molecular formula is C12H20N2OS. The van der Waals surface area contributed by atoms with Crippen LogP contribution < -0.4 is 10.6 Å². The first-order chi connectivity index (χ1) is 7.47. The molecule has 1 unspecified atom stereocenters. The van der Waals surface area contributed by atoms with Crippen molar-refractivity contribution in [2.75, 3.05) is 0 Å². The van der Waals surface area contributed by atoms with Crippen LogP contribution in [0.15, 0.2) is 12.1 Å². The second-order valence-corrected chi connectivity index (χ2v) is 5.76. The number of urea groups is 1. The first-order valence-corrected chi connectivity index (χ1v) is 6.41. The molecule has 16 heavy (non-hydrogen) atoms. The Kier molecular flexibility index (Phi) is 4.80. The van der Waals surface area contributed by atoms with E-state index in [0.29, 0.717) is 0 Å². The van der Waals surface area contributed by atoms with Crippen molar-refractivity contribution in [3.05, 3.63) is 21.9 Å². The fraction of sp³-hybridized carbons (Fsp3) is 0.583. The van der Waals surface area contributed by atoms with E-state index in [9.17, 15) is 4.79 Å². The Morgan fingerprint density at radius 3 is 2.50 bits per heavy atom. The predicted molar refractivity (Wildman–Crippen MR) is 69.0 cm³/mol. The van der Waals surface area contributed by atoms with Gasteiger partial charge in [0, 0.05) is 28.3 Å². The third-order valence-corrected chi connectivity index (χ3v) is 3.12. The third kappa shape index (κ3) is 4.66. The summed E-state index contributed by atoms with van der Waals surface area (Å²) in [5, 5.41) is 5.74. The van der Waals surface area contributed by atoms with Crippen molar-refractivity contribution in [3.8, 4) is 0 Å². The van der Waals surface area contributed by atoms with Gasteiger partial charge in [-0.25, -0.2) is 4.79 Å². The molecule has 3 nitrogen and oxygen atoms in total. The summed E-state index contributed by atoms with van der Waals surface area (Å²) in [5.41, 5.74) is 0. The lowest BCUT2D eigenvalue weighted by atomic mass is 10.2. The van der Waals surface area contributed by atoms with Gasteiger partial charge < -0.3 is 10.6 Å². The molecule has 0 saturated heterocycles. The van der Waals surface area contributed by atoms with E-state index in [2.05, 4.69) is 29.7 Å². The molecule has 1 aromatic heterocycles. The molecule has 0 spiro atoms. The molecule has 0 bridgehead atoms. The number of thiophene rings is 1. The second-order valence-electron chi connectivity index (χ2n) is 4.39. The number of carbonyl (C=O) groups is 1. The van der Waals surface area contributed by atoms with Gasteiger partial charge in [-0.15, -0.1) is 11.3 Å². The molecule has 1 heterocycles. The van der Waals surface area contributed by atoms with Crippen LogP contribution in [0, 0.1) is 6.92 Å². The average molecular weight is 240 g/mol. The maximum absolute atomic E-state index is 11.4. The summed E-state index contributed by atoms with van der Waals surface area (Å²) in [6.07, 6.45) is 0.893. The molecule has 2 N–H and O–H groups in total. The Balaban J connectivity index is 2.35. The van der Waals surface area contributed by atoms with Crippen LogP contribution in [-0.2, 0) is 6.42 Å². The van der Waals surface area contributed by atoms with E-state index in [1.165, 1.54) is 9.75 Å². The zero-order valence-corrected chi connectivity index (χ0v) is 11.1. The lowest BCUT2D eigenvalue weighted by Gasteiger charge is -2.15. The smallest absolute Gasteiger partial charge is 0.315 e. The SMILES string of the molecule is Cc1ccc(CC(C)NC(=O)NC(C)C)s1. The number of aryl methyl sites for hydroxylation is 1. The van der Waals surface area contributed by atoms with Gasteiger partial charge >= 0.3 is 6.03 Å². The van der Waals surface area contributed by atoms with E-state index in [1.807, 2.05) is 20.8 Å². The van der Waals surface area contributed by atoms with Crippen LogP contribution in [0.4, 0.5) is 4.79 Å². The number of amides is 2. The van der Waals surface area contributed by atoms with E-state index >= 15 is 0 Å². The standard InChI is InChI=1S/C12H20N2OS/c1-8(2)13-12(15)14-9(3)7-11-6-5-10(4)16-11/h5-6,8-9H,7H2,1-4H3,(H2,13,14,15). The molecule has 1 atom stereocenters. The summed E-state index contributed by atoms with van der Waals surface area (Å²) in [6, 6.07) is 4.49. The fourth-order valence-electron chi connectivity index (χ4n) is 1.48. The van der Waals surface area contributed by atoms with Crippen LogP contribution in [-0.4, -0.2) is 18.1 Å². The summed E-state index contributed by atoms with van der Waals surface area (Å²) in [6.45, 7) is 8.02. The number of hydrogen-bond donors (Lipinski definition) is 2. The van der Waals surface area contributed by atoms with Gasteiger partial charge in [0.2, 0.25) is 0 Å². The molecule has 0 aliphatic carbocycles. The Bertz CT molecular complexity index is 347. The third-order valence-electron chi connectivity index (χ3n) is 2.10. The van der Waals surface area contributed by atoms with Gasteiger partial charge in [-0.3, -0.25) is 0 Å². The lowest BCUT2D eigenvalue weighted by molar-refractivity contribution is 0.235. The van der Waals surface area contributed by atoms with Gasteiger partial charge in [-0.2, -0.15) is 0 Å². The number of carbonyl (C=O) groups excluding carboxylic acids is 1. The summed E-state index contributed by atoms with van der Waals surface area (Å²) in [4.78, 5) is 14.1. The Morgan fingerprint density at radius 2 is 2.00 bits per heavy atom. The second kappa shape index (κ2) is 5.89. The van der Waals surface area contributed by atoms with E-state index in [1.54, 1.807) is 11.3 Å². The van der Waals surface area contributed by atoms with Crippen molar-refractivity contribution in [2.45, 2.75) is 46.2 Å². The van der Waals surface area contributed by atoms with Gasteiger partial charge in [0.05, 0.1) is 0 Å². The molecule has 0 fully saturated rings. The van der Waals surface area contributed by atoms with Crippen molar-refractivity contribution < 1.29 is 4.79 Å². The van der Waals surface area contributed by atoms with Crippen molar-refractivity contribution in [1.82, 2.24) is 10.6 Å². The van der Waals surface area contributed by atoms with Crippen LogP contribution in [0.3, 0.4) is 0 Å². The molecule has 1 aromatic rings. The Labute approximate surface area is 101 Å². The van der Waals surface area contributed by atoms with Crippen molar-refractivity contribution in [3.63, 3.8) is 0 Å². The number of nitrogens with one attached hydrogen (secondary N) is 2. The van der Waals surface area contributed by atoms with Crippen molar-refractivity contribution >= 4 is 17.4 Å². The minimum Gasteiger partial charge on any atom is -0.336 e. The van der Waals surface area contributed by atoms with Crippen molar-refractivity contribution in [2.24, 2.45) is 0 Å². The summed E-state index contributed by atoms with van der Waals surface area (Å²) < 4.78 is 0. The maximum atomic E-state index is 11.4. The first-order valence-electron chi connectivity index (χ1n) is 5.59. The molecule has 0 aromatic carbocycles. The summed E-state index contributed by atoms with van der Waals surface area (Å²) >= 11 is 1.79. The molecule has 90 valence electrons. The van der Waals surface area contributed by atoms with Gasteiger partial charge in [0.25, 0.3) is 0 Å². The first kappa shape index (κ1) is 13.0. The lowest BCUT2D eigenvalue weighted by Crippen LogP contribution is -2.44. The Hall–Kier alpha value is -1.03. The van der Waals surface area contributed by atoms with E-state index < -0.39 is 0 Å². The van der Waals surface area contributed by atoms with Crippen LogP contribution in [0.1, 0.15) is 30.5 Å². The highest BCUT2D eigenvalue weighted by molar-refractivity contribution is 7.11. The molecule has 0 aliphatic rings. The van der Waals surface area contributed by atoms with E-state index in [-0.39, 0.29) is 18.1 Å². The van der Waals surface area contributed by atoms with Gasteiger partial charge in [-0.1, -0.05) is 0 Å². The quantitative estimate of drug-likeness (QED) is 0.834. The number of rotatable bonds is 4. The molecule has 0 aliphatic heterocycles. The highest BCUT2D eigenvalue weighted by Crippen LogP contribution is 2.16. The fourth-order valence-corrected chi connectivity index (χ4v) is 2.49. The number of hydrogen-bond acceptors (Lipinski definition) is 2. The van der Waals surface area contributed by atoms with Crippen LogP contribution in [0.25, 0.3) is 0 Å². The van der Waals surface area contributed by atoms with Crippen LogP contribution in [0.5, 0.6) is 0 Å². The normalized spacial score (nSPS) is 12.6. The van der Waals surface area contributed by atoms with Crippen LogP contribution in [0.2, 0.25) is 0 Å². The summed E-state index contributed by atoms with van der Waals surface area (Å²) in [5.74, 6) is 0. The predicted octanol–water partition coefficient (Wildman–Crippen LogP) is 2.70. The van der Waals surface area contributed by atoms with Gasteiger partial charge in [0.1, 0.15) is 0 Å². The molecule has 1 rings (SSSR count). The van der Waals surface area contributed by atoms with Gasteiger partial charge in [-0.05, 0) is 39.8 Å². The molecule has 0 saturated carbocycles. The van der Waals surface area contributed by atoms with E-state index in [4.69, 9.17) is 0 Å². The minimum atomic E-state index is -0.0872. The average Bonchev–Trinajstić information content (AvgIpc) is 2.48. The van der Waals surface area contributed by atoms with Crippen molar-refractivity contribution in [1.29, 1.82) is 0 Å². The van der Waals surface area contributed by atoms with E-state index in [0.717, 1.165) is 6.42 Å². The molecule has 0 radical (unpaired) electrons. The topological polar surface area (TPSA) is 41.1 Å². The maximum Gasteiger partial charge on any atom is 0.315 e. The largest absolute Gasteiger partial charge is 0.336 e.